The maximum absolute atomic E-state index is 12.8. The maximum atomic E-state index is 12.8. The van der Waals surface area contributed by atoms with Gasteiger partial charge in [0.15, 0.2) is 18.1 Å². The summed E-state index contributed by atoms with van der Waals surface area (Å²) in [5, 5.41) is 0. The SMILES string of the molecule is C[Si](Cl)(Cl)C(F)C(F)C(F)C(F)F. The first kappa shape index (κ1) is 13.4. The van der Waals surface area contributed by atoms with Gasteiger partial charge in [-0.2, -0.15) is 0 Å². The van der Waals surface area contributed by atoms with Crippen LogP contribution < -0.4 is 0 Å². The largest absolute Gasteiger partial charge is 0.284 e. The summed E-state index contributed by atoms with van der Waals surface area (Å²) in [5.41, 5.74) is 0. The second-order valence-corrected chi connectivity index (χ2v) is 10.3. The summed E-state index contributed by atoms with van der Waals surface area (Å²) in [6, 6.07) is 0. The van der Waals surface area contributed by atoms with Gasteiger partial charge in [-0.05, 0) is 6.55 Å². The van der Waals surface area contributed by atoms with E-state index in [4.69, 9.17) is 22.2 Å². The summed E-state index contributed by atoms with van der Waals surface area (Å²) < 4.78 is 60.7. The molecule has 0 N–H and O–H groups in total. The highest BCUT2D eigenvalue weighted by molar-refractivity contribution is 7.45. The monoisotopic (exact) mass is 260 g/mol. The molecular weight excluding hydrogens is 254 g/mol. The zero-order valence-corrected chi connectivity index (χ0v) is 8.97. The van der Waals surface area contributed by atoms with Crippen LogP contribution in [0.1, 0.15) is 0 Å². The smallest absolute Gasteiger partial charge is 0.245 e. The summed E-state index contributed by atoms with van der Waals surface area (Å²) in [4.78, 5) is 0. The molecule has 13 heavy (non-hydrogen) atoms. The summed E-state index contributed by atoms with van der Waals surface area (Å²) in [7, 11) is 0. The first-order valence-corrected chi connectivity index (χ1v) is 7.86. The van der Waals surface area contributed by atoms with Crippen molar-refractivity contribution >= 4 is 28.9 Å². The van der Waals surface area contributed by atoms with Crippen molar-refractivity contribution in [1.29, 1.82) is 0 Å². The molecule has 0 saturated carbocycles. The van der Waals surface area contributed by atoms with Crippen LogP contribution in [0.15, 0.2) is 0 Å². The molecular formula is C5H7Cl2F5Si. The lowest BCUT2D eigenvalue weighted by atomic mass is 10.3. The van der Waals surface area contributed by atoms with E-state index in [9.17, 15) is 22.0 Å². The van der Waals surface area contributed by atoms with Crippen molar-refractivity contribution in [1.82, 2.24) is 0 Å². The van der Waals surface area contributed by atoms with Crippen LogP contribution in [0.5, 0.6) is 0 Å². The van der Waals surface area contributed by atoms with Crippen LogP contribution >= 0.6 is 22.2 Å². The topological polar surface area (TPSA) is 0 Å². The van der Waals surface area contributed by atoms with Gasteiger partial charge in [0.25, 0.3) is 13.1 Å². The minimum absolute atomic E-state index is 0.992. The molecule has 0 radical (unpaired) electrons. The molecule has 0 spiro atoms. The van der Waals surface area contributed by atoms with E-state index in [1.165, 1.54) is 0 Å². The molecule has 0 rings (SSSR count). The lowest BCUT2D eigenvalue weighted by Crippen LogP contribution is -2.44. The second-order valence-electron chi connectivity index (χ2n) is 2.58. The molecule has 0 fully saturated rings. The number of halogens is 7. The van der Waals surface area contributed by atoms with Gasteiger partial charge < -0.3 is 0 Å². The first-order chi connectivity index (χ1) is 5.68. The van der Waals surface area contributed by atoms with E-state index in [0.717, 1.165) is 6.55 Å². The highest BCUT2D eigenvalue weighted by Crippen LogP contribution is 2.29. The molecule has 0 nitrogen and oxygen atoms in total. The van der Waals surface area contributed by atoms with Crippen LogP contribution in [0, 0.1) is 0 Å². The van der Waals surface area contributed by atoms with Crippen molar-refractivity contribution in [3.8, 4) is 0 Å². The van der Waals surface area contributed by atoms with Crippen molar-refractivity contribution in [3.63, 3.8) is 0 Å². The highest BCUT2D eigenvalue weighted by Gasteiger charge is 2.46. The summed E-state index contributed by atoms with van der Waals surface area (Å²) in [6.07, 6.45) is -9.72. The molecule has 0 bridgehead atoms. The Balaban J connectivity index is 4.34. The predicted octanol–water partition coefficient (Wildman–Crippen LogP) is 3.35. The van der Waals surface area contributed by atoms with Crippen molar-refractivity contribution in [2.45, 2.75) is 31.1 Å². The molecule has 3 atom stereocenters. The Morgan fingerprint density at radius 2 is 1.31 bits per heavy atom. The van der Waals surface area contributed by atoms with Gasteiger partial charge in [-0.15, -0.1) is 22.2 Å². The number of rotatable bonds is 4. The van der Waals surface area contributed by atoms with E-state index in [1.807, 2.05) is 0 Å². The molecule has 0 aliphatic heterocycles. The normalized spacial score (nSPS) is 20.1. The third-order valence-corrected chi connectivity index (χ3v) is 3.85. The third-order valence-electron chi connectivity index (χ3n) is 1.31. The van der Waals surface area contributed by atoms with E-state index in [1.54, 1.807) is 0 Å². The molecule has 3 unspecified atom stereocenters. The standard InChI is InChI=1S/C5H7Cl2F5Si/c1-13(6,7)5(12)3(9)2(8)4(10)11/h2-5H,1H3. The molecule has 80 valence electrons. The Labute approximate surface area is 82.4 Å². The first-order valence-electron chi connectivity index (χ1n) is 3.26. The quantitative estimate of drug-likeness (QED) is 0.413. The van der Waals surface area contributed by atoms with Gasteiger partial charge in [0.1, 0.15) is 0 Å². The van der Waals surface area contributed by atoms with Crippen molar-refractivity contribution in [2.24, 2.45) is 0 Å². The molecule has 0 amide bonds. The molecule has 0 aliphatic carbocycles. The van der Waals surface area contributed by atoms with Crippen molar-refractivity contribution in [3.05, 3.63) is 0 Å². The second kappa shape index (κ2) is 4.79. The van der Waals surface area contributed by atoms with Gasteiger partial charge >= 0.3 is 0 Å². The molecule has 0 aromatic rings. The summed E-state index contributed by atoms with van der Waals surface area (Å²) >= 11 is 10.4. The van der Waals surface area contributed by atoms with E-state index in [-0.39, 0.29) is 0 Å². The zero-order chi connectivity index (χ0) is 10.8. The van der Waals surface area contributed by atoms with Crippen molar-refractivity contribution in [2.75, 3.05) is 0 Å². The molecule has 0 heterocycles. The predicted molar refractivity (Wildman–Crippen MR) is 44.0 cm³/mol. The highest BCUT2D eigenvalue weighted by atomic mass is 35.7. The van der Waals surface area contributed by atoms with E-state index in [2.05, 4.69) is 0 Å². The molecule has 0 saturated heterocycles. The van der Waals surface area contributed by atoms with Crippen LogP contribution in [0.3, 0.4) is 0 Å². The fourth-order valence-electron chi connectivity index (χ4n) is 0.580. The lowest BCUT2D eigenvalue weighted by molar-refractivity contribution is -0.0106. The minimum Gasteiger partial charge on any atom is -0.245 e. The number of hydrogen-bond donors (Lipinski definition) is 0. The van der Waals surface area contributed by atoms with Gasteiger partial charge in [0.05, 0.1) is 0 Å². The van der Waals surface area contributed by atoms with Gasteiger partial charge in [0, 0.05) is 0 Å². The van der Waals surface area contributed by atoms with Crippen molar-refractivity contribution < 1.29 is 22.0 Å². The fraction of sp³-hybridized carbons (Fsp3) is 1.00. The van der Waals surface area contributed by atoms with E-state index in [0.29, 0.717) is 0 Å². The lowest BCUT2D eigenvalue weighted by Gasteiger charge is -2.21. The average molecular weight is 261 g/mol. The summed E-state index contributed by atoms with van der Waals surface area (Å²) in [6.45, 7) is -2.61. The Morgan fingerprint density at radius 1 is 0.923 bits per heavy atom. The van der Waals surface area contributed by atoms with Crippen LogP contribution in [0.25, 0.3) is 0 Å². The molecule has 8 heteroatoms. The molecule has 0 aromatic carbocycles. The van der Waals surface area contributed by atoms with E-state index >= 15 is 0 Å². The van der Waals surface area contributed by atoms with Crippen LogP contribution in [0.4, 0.5) is 22.0 Å². The fourth-order valence-corrected chi connectivity index (χ4v) is 2.05. The zero-order valence-electron chi connectivity index (χ0n) is 6.46. The van der Waals surface area contributed by atoms with Crippen LogP contribution in [-0.4, -0.2) is 31.3 Å². The maximum Gasteiger partial charge on any atom is 0.284 e. The summed E-state index contributed by atoms with van der Waals surface area (Å²) in [5.74, 6) is -2.56. The Kier molecular flexibility index (Phi) is 4.96. The Hall–Kier alpha value is 0.447. The Morgan fingerprint density at radius 3 is 1.54 bits per heavy atom. The van der Waals surface area contributed by atoms with Gasteiger partial charge in [0.2, 0.25) is 0 Å². The van der Waals surface area contributed by atoms with Gasteiger partial charge in [-0.25, -0.2) is 22.0 Å². The van der Waals surface area contributed by atoms with Gasteiger partial charge in [-0.1, -0.05) is 0 Å². The number of alkyl halides is 5. The Bertz CT molecular complexity index is 161. The third kappa shape index (κ3) is 3.99. The van der Waals surface area contributed by atoms with Crippen LogP contribution in [0.2, 0.25) is 6.55 Å². The molecule has 0 aromatic heterocycles. The average Bonchev–Trinajstić information content (AvgIpc) is 1.98. The minimum atomic E-state index is -3.60. The van der Waals surface area contributed by atoms with Crippen LogP contribution in [-0.2, 0) is 0 Å². The molecule has 0 aliphatic rings. The van der Waals surface area contributed by atoms with E-state index < -0.39 is 31.3 Å². The number of hydrogen-bond acceptors (Lipinski definition) is 0. The van der Waals surface area contributed by atoms with Gasteiger partial charge in [-0.3, -0.25) is 0 Å².